The molecule has 0 saturated heterocycles. The second-order valence-electron chi connectivity index (χ2n) is 5.94. The second kappa shape index (κ2) is 9.42. The molecule has 0 saturated carbocycles. The van der Waals surface area contributed by atoms with E-state index in [9.17, 15) is 9.59 Å². The average Bonchev–Trinajstić information content (AvgIpc) is 3.02. The van der Waals surface area contributed by atoms with Crippen molar-refractivity contribution in [3.05, 3.63) is 78.4 Å². The van der Waals surface area contributed by atoms with Gasteiger partial charge in [0, 0.05) is 24.2 Å². The molecule has 0 unspecified atom stereocenters. The van der Waals surface area contributed by atoms with E-state index >= 15 is 0 Å². The van der Waals surface area contributed by atoms with Gasteiger partial charge in [0.2, 0.25) is 0 Å². The number of esters is 2. The van der Waals surface area contributed by atoms with Crippen LogP contribution in [0.5, 0.6) is 17.2 Å². The molecule has 0 amide bonds. The van der Waals surface area contributed by atoms with E-state index in [0.717, 1.165) is 0 Å². The second-order valence-corrected chi connectivity index (χ2v) is 5.94. The third kappa shape index (κ3) is 4.33. The maximum Gasteiger partial charge on any atom is 0.355 e. The van der Waals surface area contributed by atoms with E-state index < -0.39 is 11.9 Å². The van der Waals surface area contributed by atoms with Gasteiger partial charge in [0.1, 0.15) is 11.4 Å². The largest absolute Gasteiger partial charge is 0.493 e. The van der Waals surface area contributed by atoms with E-state index in [0.29, 0.717) is 22.9 Å². The summed E-state index contributed by atoms with van der Waals surface area (Å²) in [7, 11) is 3.99. The zero-order valence-corrected chi connectivity index (χ0v) is 16.7. The summed E-state index contributed by atoms with van der Waals surface area (Å²) in [5.41, 5.74) is 0.619. The van der Waals surface area contributed by atoms with Gasteiger partial charge in [-0.15, -0.1) is 0 Å². The van der Waals surface area contributed by atoms with Gasteiger partial charge in [0.25, 0.3) is 0 Å². The highest BCUT2D eigenvalue weighted by atomic mass is 16.5. The van der Waals surface area contributed by atoms with Gasteiger partial charge < -0.3 is 23.8 Å². The first kappa shape index (κ1) is 20.7. The molecule has 0 N–H and O–H groups in total. The highest BCUT2D eigenvalue weighted by Crippen LogP contribution is 2.36. The molecule has 8 nitrogen and oxygen atoms in total. The van der Waals surface area contributed by atoms with E-state index in [1.165, 1.54) is 32.3 Å². The first-order valence-corrected chi connectivity index (χ1v) is 8.90. The molecule has 0 bridgehead atoms. The Balaban J connectivity index is 2.06. The SMILES string of the molecule is COC(=O)C1=C(C(=O)OC)N(c2ccc(Oc3cccnc3)c(OC)c2)C=CC=C1. The third-order valence-corrected chi connectivity index (χ3v) is 4.18. The van der Waals surface area contributed by atoms with E-state index in [2.05, 4.69) is 4.98 Å². The minimum absolute atomic E-state index is 0.0114. The maximum atomic E-state index is 12.5. The first-order chi connectivity index (χ1) is 14.6. The summed E-state index contributed by atoms with van der Waals surface area (Å²) in [5, 5.41) is 0. The number of hydrogen-bond donors (Lipinski definition) is 0. The van der Waals surface area contributed by atoms with Gasteiger partial charge in [0.05, 0.1) is 33.1 Å². The van der Waals surface area contributed by atoms with Crippen molar-refractivity contribution in [2.24, 2.45) is 0 Å². The summed E-state index contributed by atoms with van der Waals surface area (Å²) in [6, 6.07) is 8.62. The molecule has 3 rings (SSSR count). The maximum absolute atomic E-state index is 12.5. The summed E-state index contributed by atoms with van der Waals surface area (Å²) >= 11 is 0. The fraction of sp³-hybridized carbons (Fsp3) is 0.136. The van der Waals surface area contributed by atoms with Crippen molar-refractivity contribution in [3.63, 3.8) is 0 Å². The third-order valence-electron chi connectivity index (χ3n) is 4.18. The van der Waals surface area contributed by atoms with Gasteiger partial charge in [0.15, 0.2) is 11.5 Å². The van der Waals surface area contributed by atoms with Crippen LogP contribution in [0, 0.1) is 0 Å². The number of hydrogen-bond acceptors (Lipinski definition) is 8. The number of carbonyl (C=O) groups excluding carboxylic acids is 2. The van der Waals surface area contributed by atoms with Crippen LogP contribution in [0.25, 0.3) is 0 Å². The predicted octanol–water partition coefficient (Wildman–Crippen LogP) is 3.37. The van der Waals surface area contributed by atoms with E-state index in [-0.39, 0.29) is 11.3 Å². The van der Waals surface area contributed by atoms with Gasteiger partial charge >= 0.3 is 11.9 Å². The molecule has 1 aromatic heterocycles. The van der Waals surface area contributed by atoms with Crippen molar-refractivity contribution in [1.82, 2.24) is 4.98 Å². The molecule has 154 valence electrons. The van der Waals surface area contributed by atoms with Crippen LogP contribution in [0.4, 0.5) is 5.69 Å². The van der Waals surface area contributed by atoms with Crippen LogP contribution < -0.4 is 14.4 Å². The Morgan fingerprint density at radius 1 is 0.967 bits per heavy atom. The van der Waals surface area contributed by atoms with Crippen LogP contribution in [0.15, 0.2) is 78.4 Å². The summed E-state index contributed by atoms with van der Waals surface area (Å²) in [6.07, 6.45) is 9.67. The Morgan fingerprint density at radius 2 is 1.77 bits per heavy atom. The van der Waals surface area contributed by atoms with Crippen LogP contribution >= 0.6 is 0 Å². The molecule has 0 fully saturated rings. The molecular weight excluding hydrogens is 388 g/mol. The van der Waals surface area contributed by atoms with E-state index in [1.807, 2.05) is 0 Å². The fourth-order valence-electron chi connectivity index (χ4n) is 2.79. The lowest BCUT2D eigenvalue weighted by atomic mass is 10.1. The van der Waals surface area contributed by atoms with Crippen molar-refractivity contribution in [1.29, 1.82) is 0 Å². The molecule has 2 heterocycles. The van der Waals surface area contributed by atoms with Crippen molar-refractivity contribution < 1.29 is 28.5 Å². The molecule has 0 aliphatic carbocycles. The molecule has 0 radical (unpaired) electrons. The number of nitrogens with zero attached hydrogens (tertiary/aromatic N) is 2. The Hall–Kier alpha value is -4.07. The minimum atomic E-state index is -0.693. The summed E-state index contributed by atoms with van der Waals surface area (Å²) in [6.45, 7) is 0. The Bertz CT molecular complexity index is 1030. The lowest BCUT2D eigenvalue weighted by molar-refractivity contribution is -0.139. The number of aromatic nitrogens is 1. The minimum Gasteiger partial charge on any atom is -0.493 e. The van der Waals surface area contributed by atoms with Crippen molar-refractivity contribution in [3.8, 4) is 17.2 Å². The average molecular weight is 408 g/mol. The van der Waals surface area contributed by atoms with Crippen molar-refractivity contribution in [2.45, 2.75) is 0 Å². The number of ether oxygens (including phenoxy) is 4. The van der Waals surface area contributed by atoms with Gasteiger partial charge in [-0.05, 0) is 36.4 Å². The standard InChI is InChI=1S/C22H20N2O6/c1-27-19-13-15(9-10-18(19)30-16-7-6-11-23-14-16)24-12-5-4-8-17(21(25)28-2)20(24)22(26)29-3/h4-14H,1-3H3. The number of methoxy groups -OCH3 is 3. The van der Waals surface area contributed by atoms with Gasteiger partial charge in [-0.2, -0.15) is 0 Å². The monoisotopic (exact) mass is 408 g/mol. The molecule has 1 aliphatic rings. The van der Waals surface area contributed by atoms with Gasteiger partial charge in [-0.1, -0.05) is 6.08 Å². The van der Waals surface area contributed by atoms with Crippen LogP contribution in [0.3, 0.4) is 0 Å². The number of pyridine rings is 1. The van der Waals surface area contributed by atoms with Crippen LogP contribution in [0.2, 0.25) is 0 Å². The predicted molar refractivity (Wildman–Crippen MR) is 109 cm³/mol. The van der Waals surface area contributed by atoms with Gasteiger partial charge in [-0.3, -0.25) is 4.98 Å². The summed E-state index contributed by atoms with van der Waals surface area (Å²) in [5.74, 6) is 0.0735. The van der Waals surface area contributed by atoms with Crippen molar-refractivity contribution >= 4 is 17.6 Å². The molecule has 0 spiro atoms. The van der Waals surface area contributed by atoms with Gasteiger partial charge in [-0.25, -0.2) is 9.59 Å². The molecule has 0 atom stereocenters. The van der Waals surface area contributed by atoms with Crippen LogP contribution in [-0.2, 0) is 19.1 Å². The molecule has 2 aromatic rings. The fourth-order valence-corrected chi connectivity index (χ4v) is 2.79. The molecule has 1 aromatic carbocycles. The number of allylic oxidation sites excluding steroid dienone is 2. The molecule has 8 heteroatoms. The van der Waals surface area contributed by atoms with E-state index in [1.54, 1.807) is 61.1 Å². The first-order valence-electron chi connectivity index (χ1n) is 8.90. The highest BCUT2D eigenvalue weighted by molar-refractivity contribution is 6.05. The quantitative estimate of drug-likeness (QED) is 0.673. The number of rotatable bonds is 6. The lowest BCUT2D eigenvalue weighted by Crippen LogP contribution is -2.27. The Morgan fingerprint density at radius 3 is 2.43 bits per heavy atom. The number of carbonyl (C=O) groups is 2. The summed E-state index contributed by atoms with van der Waals surface area (Å²) in [4.78, 5) is 30.3. The normalized spacial score (nSPS) is 13.0. The zero-order valence-electron chi connectivity index (χ0n) is 16.7. The van der Waals surface area contributed by atoms with Crippen molar-refractivity contribution in [2.75, 3.05) is 26.2 Å². The number of anilines is 1. The lowest BCUT2D eigenvalue weighted by Gasteiger charge is -2.24. The summed E-state index contributed by atoms with van der Waals surface area (Å²) < 4.78 is 21.0. The van der Waals surface area contributed by atoms with Crippen LogP contribution in [0.1, 0.15) is 0 Å². The van der Waals surface area contributed by atoms with Crippen LogP contribution in [-0.4, -0.2) is 38.3 Å². The zero-order chi connectivity index (χ0) is 21.5. The molecule has 30 heavy (non-hydrogen) atoms. The molecule has 1 aliphatic heterocycles. The Labute approximate surface area is 173 Å². The topological polar surface area (TPSA) is 87.2 Å². The molecular formula is C22H20N2O6. The Kier molecular flexibility index (Phi) is 6.49. The highest BCUT2D eigenvalue weighted by Gasteiger charge is 2.28. The smallest absolute Gasteiger partial charge is 0.355 e. The van der Waals surface area contributed by atoms with E-state index in [4.69, 9.17) is 18.9 Å². The number of benzene rings is 1.